The molecule has 2 atom stereocenters. The highest BCUT2D eigenvalue weighted by Gasteiger charge is 2.33. The Kier molecular flexibility index (Phi) is 3.78. The van der Waals surface area contributed by atoms with Crippen LogP contribution in [-0.2, 0) is 11.3 Å². The van der Waals surface area contributed by atoms with Crippen LogP contribution >= 0.6 is 0 Å². The van der Waals surface area contributed by atoms with Crippen molar-refractivity contribution in [2.45, 2.75) is 40.7 Å². The average Bonchev–Trinajstić information content (AvgIpc) is 3.00. The second kappa shape index (κ2) is 5.19. The van der Waals surface area contributed by atoms with E-state index in [9.17, 15) is 9.59 Å². The molecule has 0 radical (unpaired) electrons. The molecule has 0 aromatic carbocycles. The number of rotatable bonds is 4. The molecule has 0 amide bonds. The van der Waals surface area contributed by atoms with Gasteiger partial charge in [-0.15, -0.1) is 0 Å². The largest absolute Gasteiger partial charge is 0.462 e. The van der Waals surface area contributed by atoms with Gasteiger partial charge in [-0.2, -0.15) is 0 Å². The van der Waals surface area contributed by atoms with Gasteiger partial charge in [0.25, 0.3) is 5.56 Å². The fraction of sp³-hybridized carbons (Fsp3) is 0.600. The Hall–Kier alpha value is -1.58. The van der Waals surface area contributed by atoms with Crippen LogP contribution in [0.25, 0.3) is 0 Å². The van der Waals surface area contributed by atoms with Crippen LogP contribution in [0, 0.1) is 25.7 Å². The van der Waals surface area contributed by atoms with Crippen LogP contribution in [0.1, 0.15) is 41.9 Å². The van der Waals surface area contributed by atoms with Crippen LogP contribution in [0.5, 0.6) is 0 Å². The first-order valence-electron chi connectivity index (χ1n) is 6.83. The van der Waals surface area contributed by atoms with Crippen LogP contribution in [0.4, 0.5) is 0 Å². The number of nitrogens with zero attached hydrogens (tertiary/aromatic N) is 1. The van der Waals surface area contributed by atoms with E-state index in [1.54, 1.807) is 18.4 Å². The normalized spacial score (nSPS) is 21.3. The Morgan fingerprint density at radius 2 is 2.11 bits per heavy atom. The molecule has 0 aliphatic heterocycles. The average molecular weight is 263 g/mol. The molecule has 1 aromatic rings. The molecule has 0 spiro atoms. The third-order valence-corrected chi connectivity index (χ3v) is 3.94. The van der Waals surface area contributed by atoms with Crippen molar-refractivity contribution in [2.24, 2.45) is 11.8 Å². The maximum Gasteiger partial charge on any atom is 0.340 e. The van der Waals surface area contributed by atoms with Gasteiger partial charge in [0.05, 0.1) is 12.2 Å². The molecule has 4 heteroatoms. The molecule has 0 bridgehead atoms. The van der Waals surface area contributed by atoms with Gasteiger partial charge in [0, 0.05) is 18.3 Å². The SMILES string of the molecule is CCOC(=O)c1c(C)cc(=O)n(CC2CC2C)c1C. The lowest BCUT2D eigenvalue weighted by atomic mass is 10.1. The van der Waals surface area contributed by atoms with Crippen LogP contribution in [0.3, 0.4) is 0 Å². The Labute approximate surface area is 113 Å². The highest BCUT2D eigenvalue weighted by molar-refractivity contribution is 5.92. The van der Waals surface area contributed by atoms with Gasteiger partial charge in [-0.3, -0.25) is 4.79 Å². The van der Waals surface area contributed by atoms with Crippen molar-refractivity contribution in [2.75, 3.05) is 6.61 Å². The van der Waals surface area contributed by atoms with E-state index in [4.69, 9.17) is 4.74 Å². The topological polar surface area (TPSA) is 48.3 Å². The number of aromatic nitrogens is 1. The first-order valence-corrected chi connectivity index (χ1v) is 6.83. The summed E-state index contributed by atoms with van der Waals surface area (Å²) >= 11 is 0. The lowest BCUT2D eigenvalue weighted by Gasteiger charge is -2.15. The number of ether oxygens (including phenoxy) is 1. The number of hydrogen-bond acceptors (Lipinski definition) is 3. The van der Waals surface area contributed by atoms with Gasteiger partial charge in [-0.1, -0.05) is 6.92 Å². The summed E-state index contributed by atoms with van der Waals surface area (Å²) < 4.78 is 6.79. The summed E-state index contributed by atoms with van der Waals surface area (Å²) in [7, 11) is 0. The van der Waals surface area contributed by atoms with Crippen molar-refractivity contribution in [1.29, 1.82) is 0 Å². The Morgan fingerprint density at radius 1 is 1.47 bits per heavy atom. The molecule has 4 nitrogen and oxygen atoms in total. The van der Waals surface area contributed by atoms with Crippen molar-refractivity contribution < 1.29 is 9.53 Å². The van der Waals surface area contributed by atoms with Gasteiger partial charge in [0.2, 0.25) is 0 Å². The van der Waals surface area contributed by atoms with Crippen molar-refractivity contribution in [3.05, 3.63) is 33.2 Å². The smallest absolute Gasteiger partial charge is 0.340 e. The minimum absolute atomic E-state index is 0.0258. The standard InChI is InChI=1S/C15H21NO3/c1-5-19-15(18)14-10(3)7-13(17)16(11(14)4)8-12-6-9(12)2/h7,9,12H,5-6,8H2,1-4H3. The van der Waals surface area contributed by atoms with E-state index in [0.717, 1.165) is 12.1 Å². The molecular weight excluding hydrogens is 242 g/mol. The lowest BCUT2D eigenvalue weighted by Crippen LogP contribution is -2.27. The molecule has 1 aliphatic carbocycles. The number of esters is 1. The molecule has 1 fully saturated rings. The molecule has 104 valence electrons. The van der Waals surface area contributed by atoms with Gasteiger partial charge >= 0.3 is 5.97 Å². The van der Waals surface area contributed by atoms with Crippen LogP contribution in [-0.4, -0.2) is 17.1 Å². The quantitative estimate of drug-likeness (QED) is 0.783. The summed E-state index contributed by atoms with van der Waals surface area (Å²) in [5.41, 5.74) is 1.93. The van der Waals surface area contributed by atoms with E-state index in [1.165, 1.54) is 6.07 Å². The van der Waals surface area contributed by atoms with Crippen molar-refractivity contribution in [3.63, 3.8) is 0 Å². The highest BCUT2D eigenvalue weighted by atomic mass is 16.5. The summed E-state index contributed by atoms with van der Waals surface area (Å²) in [5, 5.41) is 0. The molecule has 0 saturated heterocycles. The monoisotopic (exact) mass is 263 g/mol. The molecule has 0 N–H and O–H groups in total. The third-order valence-electron chi connectivity index (χ3n) is 3.94. The van der Waals surface area contributed by atoms with Crippen LogP contribution < -0.4 is 5.56 Å². The summed E-state index contributed by atoms with van der Waals surface area (Å²) in [6.07, 6.45) is 1.16. The van der Waals surface area contributed by atoms with Crippen molar-refractivity contribution >= 4 is 5.97 Å². The summed E-state index contributed by atoms with van der Waals surface area (Å²) in [5.74, 6) is 0.905. The number of carbonyl (C=O) groups is 1. The van der Waals surface area contributed by atoms with Crippen LogP contribution in [0.15, 0.2) is 10.9 Å². The van der Waals surface area contributed by atoms with Crippen molar-refractivity contribution in [3.8, 4) is 0 Å². The number of hydrogen-bond donors (Lipinski definition) is 0. The molecule has 1 aromatic heterocycles. The minimum atomic E-state index is -0.338. The zero-order valence-corrected chi connectivity index (χ0v) is 12.0. The molecule has 2 rings (SSSR count). The van der Waals surface area contributed by atoms with Gasteiger partial charge in [-0.25, -0.2) is 4.79 Å². The highest BCUT2D eigenvalue weighted by Crippen LogP contribution is 2.39. The van der Waals surface area contributed by atoms with Crippen molar-refractivity contribution in [1.82, 2.24) is 4.57 Å². The maximum atomic E-state index is 12.1. The predicted molar refractivity (Wildman–Crippen MR) is 73.4 cm³/mol. The molecule has 1 heterocycles. The van der Waals surface area contributed by atoms with Gasteiger partial charge in [0.15, 0.2) is 0 Å². The molecule has 2 unspecified atom stereocenters. The molecule has 1 aliphatic rings. The van der Waals surface area contributed by atoms with Gasteiger partial charge in [0.1, 0.15) is 0 Å². The van der Waals surface area contributed by atoms with E-state index >= 15 is 0 Å². The maximum absolute atomic E-state index is 12.1. The number of pyridine rings is 1. The Morgan fingerprint density at radius 3 is 2.63 bits per heavy atom. The lowest BCUT2D eigenvalue weighted by molar-refractivity contribution is 0.0523. The second-order valence-electron chi connectivity index (χ2n) is 5.43. The van der Waals surface area contributed by atoms with E-state index in [1.807, 2.05) is 6.92 Å². The van der Waals surface area contributed by atoms with E-state index in [0.29, 0.717) is 36.1 Å². The van der Waals surface area contributed by atoms with Gasteiger partial charge < -0.3 is 9.30 Å². The Bertz CT molecular complexity index is 559. The summed E-state index contributed by atoms with van der Waals surface area (Å²) in [6.45, 7) is 8.63. The number of aryl methyl sites for hydroxylation is 1. The second-order valence-corrected chi connectivity index (χ2v) is 5.43. The molecular formula is C15H21NO3. The third kappa shape index (κ3) is 2.72. The summed E-state index contributed by atoms with van der Waals surface area (Å²) in [4.78, 5) is 24.1. The van der Waals surface area contributed by atoms with Crippen LogP contribution in [0.2, 0.25) is 0 Å². The van der Waals surface area contributed by atoms with Gasteiger partial charge in [-0.05, 0) is 44.6 Å². The Balaban J connectivity index is 2.40. The number of carbonyl (C=O) groups excluding carboxylic acids is 1. The first kappa shape index (κ1) is 13.8. The van der Waals surface area contributed by atoms with E-state index in [-0.39, 0.29) is 11.5 Å². The predicted octanol–water partition coefficient (Wildman–Crippen LogP) is 2.30. The first-order chi connectivity index (χ1) is 8.95. The zero-order chi connectivity index (χ0) is 14.2. The van der Waals surface area contributed by atoms with E-state index in [2.05, 4.69) is 6.92 Å². The summed E-state index contributed by atoms with van der Waals surface area (Å²) in [6, 6.07) is 1.53. The zero-order valence-electron chi connectivity index (χ0n) is 12.0. The molecule has 1 saturated carbocycles. The molecule has 19 heavy (non-hydrogen) atoms. The van der Waals surface area contributed by atoms with E-state index < -0.39 is 0 Å². The minimum Gasteiger partial charge on any atom is -0.462 e. The fourth-order valence-electron chi connectivity index (χ4n) is 2.55. The fourth-order valence-corrected chi connectivity index (χ4v) is 2.55.